The molecule has 0 saturated carbocycles. The van der Waals surface area contributed by atoms with Crippen molar-refractivity contribution in [1.29, 1.82) is 0 Å². The molecule has 0 amide bonds. The maximum absolute atomic E-state index is 6.06. The van der Waals surface area contributed by atoms with Gasteiger partial charge in [-0.1, -0.05) is 34.5 Å². The number of anilines is 2. The van der Waals surface area contributed by atoms with Crippen molar-refractivity contribution in [3.05, 3.63) is 43.3 Å². The predicted octanol–water partition coefficient (Wildman–Crippen LogP) is 4.80. The fourth-order valence-corrected chi connectivity index (χ4v) is 2.63. The number of hydrogen-bond acceptors (Lipinski definition) is 3. The summed E-state index contributed by atoms with van der Waals surface area (Å²) in [5.74, 6) is 0.758. The van der Waals surface area contributed by atoms with Crippen LogP contribution in [0.15, 0.2) is 29.0 Å². The zero-order valence-corrected chi connectivity index (χ0v) is 14.0. The molecule has 2 aromatic rings. The molecule has 0 spiro atoms. The molecule has 0 aliphatic heterocycles. The molecule has 2 rings (SSSR count). The summed E-state index contributed by atoms with van der Waals surface area (Å²) in [4.78, 5) is 8.25. The molecule has 1 N–H and O–H groups in total. The Kier molecular flexibility index (Phi) is 4.80. The first kappa shape index (κ1) is 14.0. The molecule has 3 nitrogen and oxygen atoms in total. The lowest BCUT2D eigenvalue weighted by Gasteiger charge is -2.12. The van der Waals surface area contributed by atoms with Crippen molar-refractivity contribution in [2.75, 3.05) is 5.32 Å². The Balaban J connectivity index is 2.40. The highest BCUT2D eigenvalue weighted by Gasteiger charge is 2.09. The van der Waals surface area contributed by atoms with E-state index in [1.807, 2.05) is 25.1 Å². The van der Waals surface area contributed by atoms with Crippen molar-refractivity contribution in [2.24, 2.45) is 0 Å². The van der Waals surface area contributed by atoms with Gasteiger partial charge in [0.05, 0.1) is 5.69 Å². The maximum Gasteiger partial charge on any atom is 0.138 e. The monoisotopic (exact) mass is 437 g/mol. The van der Waals surface area contributed by atoms with Crippen LogP contribution in [0.1, 0.15) is 12.5 Å². The lowest BCUT2D eigenvalue weighted by molar-refractivity contribution is 1.05. The molecule has 0 aliphatic rings. The van der Waals surface area contributed by atoms with Gasteiger partial charge in [-0.15, -0.1) is 0 Å². The molecular formula is C12H10BrClIN3. The van der Waals surface area contributed by atoms with E-state index in [0.717, 1.165) is 31.5 Å². The summed E-state index contributed by atoms with van der Waals surface area (Å²) in [6.07, 6.45) is 2.25. The highest BCUT2D eigenvalue weighted by molar-refractivity contribution is 14.1. The van der Waals surface area contributed by atoms with E-state index in [1.54, 1.807) is 0 Å². The molecule has 1 aromatic carbocycles. The van der Waals surface area contributed by atoms with Crippen molar-refractivity contribution in [1.82, 2.24) is 9.97 Å². The number of rotatable bonds is 3. The highest BCUT2D eigenvalue weighted by Crippen LogP contribution is 2.28. The molecule has 0 aliphatic carbocycles. The van der Waals surface area contributed by atoms with Crippen molar-refractivity contribution < 1.29 is 0 Å². The van der Waals surface area contributed by atoms with Crippen LogP contribution in [0.3, 0.4) is 0 Å². The number of aromatic nitrogens is 2. The van der Waals surface area contributed by atoms with Gasteiger partial charge in [-0.2, -0.15) is 0 Å². The molecule has 0 atom stereocenters. The number of benzene rings is 1. The van der Waals surface area contributed by atoms with E-state index >= 15 is 0 Å². The SMILES string of the molecule is CCc1c(Cl)ncnc1Nc1cc(Br)ccc1I. The summed E-state index contributed by atoms with van der Waals surface area (Å²) in [7, 11) is 0. The van der Waals surface area contributed by atoms with Crippen molar-refractivity contribution in [2.45, 2.75) is 13.3 Å². The quantitative estimate of drug-likeness (QED) is 0.553. The van der Waals surface area contributed by atoms with Gasteiger partial charge in [0.2, 0.25) is 0 Å². The first-order chi connectivity index (χ1) is 8.61. The normalized spacial score (nSPS) is 10.4. The van der Waals surface area contributed by atoms with Crippen LogP contribution < -0.4 is 5.32 Å². The van der Waals surface area contributed by atoms with E-state index < -0.39 is 0 Å². The topological polar surface area (TPSA) is 37.8 Å². The third-order valence-corrected chi connectivity index (χ3v) is 4.19. The van der Waals surface area contributed by atoms with Gasteiger partial charge in [0.1, 0.15) is 17.3 Å². The summed E-state index contributed by atoms with van der Waals surface area (Å²) < 4.78 is 2.14. The Labute approximate surface area is 133 Å². The van der Waals surface area contributed by atoms with Gasteiger partial charge >= 0.3 is 0 Å². The van der Waals surface area contributed by atoms with Crippen LogP contribution >= 0.6 is 50.1 Å². The molecule has 94 valence electrons. The smallest absolute Gasteiger partial charge is 0.138 e. The van der Waals surface area contributed by atoms with E-state index in [2.05, 4.69) is 53.8 Å². The molecular weight excluding hydrogens is 428 g/mol. The van der Waals surface area contributed by atoms with Crippen LogP contribution in [0.5, 0.6) is 0 Å². The van der Waals surface area contributed by atoms with Crippen LogP contribution in [0, 0.1) is 3.57 Å². The van der Waals surface area contributed by atoms with E-state index in [4.69, 9.17) is 11.6 Å². The van der Waals surface area contributed by atoms with E-state index in [9.17, 15) is 0 Å². The minimum atomic E-state index is 0.500. The number of nitrogens with zero attached hydrogens (tertiary/aromatic N) is 2. The van der Waals surface area contributed by atoms with Crippen molar-refractivity contribution in [3.63, 3.8) is 0 Å². The van der Waals surface area contributed by atoms with E-state index in [0.29, 0.717) is 5.15 Å². The number of halogens is 3. The largest absolute Gasteiger partial charge is 0.339 e. The van der Waals surface area contributed by atoms with Gasteiger partial charge in [-0.25, -0.2) is 9.97 Å². The lowest BCUT2D eigenvalue weighted by atomic mass is 10.2. The van der Waals surface area contributed by atoms with Crippen LogP contribution in [0.2, 0.25) is 5.15 Å². The molecule has 0 fully saturated rings. The first-order valence-electron chi connectivity index (χ1n) is 5.33. The molecule has 18 heavy (non-hydrogen) atoms. The van der Waals surface area contributed by atoms with E-state index in [1.165, 1.54) is 6.33 Å². The highest BCUT2D eigenvalue weighted by atomic mass is 127. The Morgan fingerprint density at radius 1 is 1.39 bits per heavy atom. The third-order valence-electron chi connectivity index (χ3n) is 2.43. The first-order valence-corrected chi connectivity index (χ1v) is 7.58. The van der Waals surface area contributed by atoms with Gasteiger partial charge in [-0.3, -0.25) is 0 Å². The second-order valence-corrected chi connectivity index (χ2v) is 6.03. The third kappa shape index (κ3) is 3.13. The average Bonchev–Trinajstić information content (AvgIpc) is 2.34. The Bertz CT molecular complexity index is 577. The molecule has 0 bridgehead atoms. The summed E-state index contributed by atoms with van der Waals surface area (Å²) in [6.45, 7) is 2.03. The zero-order chi connectivity index (χ0) is 13.1. The minimum Gasteiger partial charge on any atom is -0.339 e. The number of nitrogens with one attached hydrogen (secondary N) is 1. The Morgan fingerprint density at radius 2 is 2.17 bits per heavy atom. The van der Waals surface area contributed by atoms with Gasteiger partial charge in [0, 0.05) is 13.6 Å². The lowest BCUT2D eigenvalue weighted by Crippen LogP contribution is -2.01. The second-order valence-electron chi connectivity index (χ2n) is 3.59. The van der Waals surface area contributed by atoms with Crippen LogP contribution in [-0.4, -0.2) is 9.97 Å². The van der Waals surface area contributed by atoms with Crippen LogP contribution in [-0.2, 0) is 6.42 Å². The summed E-state index contributed by atoms with van der Waals surface area (Å²) >= 11 is 11.8. The molecule has 1 heterocycles. The Morgan fingerprint density at radius 3 is 2.89 bits per heavy atom. The fourth-order valence-electron chi connectivity index (χ4n) is 1.53. The molecule has 6 heteroatoms. The standard InChI is InChI=1S/C12H10BrClIN3/c1-2-8-11(14)16-6-17-12(8)18-10-5-7(13)3-4-9(10)15/h3-6H,2H2,1H3,(H,16,17,18). The average molecular weight is 438 g/mol. The molecule has 0 unspecified atom stereocenters. The fraction of sp³-hybridized carbons (Fsp3) is 0.167. The van der Waals surface area contributed by atoms with Gasteiger partial charge < -0.3 is 5.32 Å². The van der Waals surface area contributed by atoms with Crippen LogP contribution in [0.4, 0.5) is 11.5 Å². The van der Waals surface area contributed by atoms with E-state index in [-0.39, 0.29) is 0 Å². The van der Waals surface area contributed by atoms with Gasteiger partial charge in [-0.05, 0) is 47.2 Å². The van der Waals surface area contributed by atoms with Crippen molar-refractivity contribution in [3.8, 4) is 0 Å². The Hall–Kier alpha value is -0.400. The van der Waals surface area contributed by atoms with Crippen molar-refractivity contribution >= 4 is 61.6 Å². The molecule has 0 saturated heterocycles. The number of hydrogen-bond donors (Lipinski definition) is 1. The zero-order valence-electron chi connectivity index (χ0n) is 9.54. The predicted molar refractivity (Wildman–Crippen MR) is 86.6 cm³/mol. The van der Waals surface area contributed by atoms with Crippen LogP contribution in [0.25, 0.3) is 0 Å². The summed E-state index contributed by atoms with van der Waals surface area (Å²) in [5, 5.41) is 3.80. The molecule has 0 radical (unpaired) electrons. The molecule has 1 aromatic heterocycles. The maximum atomic E-state index is 6.06. The van der Waals surface area contributed by atoms with Gasteiger partial charge in [0.15, 0.2) is 0 Å². The minimum absolute atomic E-state index is 0.500. The van der Waals surface area contributed by atoms with Gasteiger partial charge in [0.25, 0.3) is 0 Å². The second kappa shape index (κ2) is 6.16. The summed E-state index contributed by atoms with van der Waals surface area (Å²) in [6, 6.07) is 6.04. The summed E-state index contributed by atoms with van der Waals surface area (Å²) in [5.41, 5.74) is 1.92.